The number of carbonyl (C=O) groups excluding carboxylic acids is 1. The maximum atomic E-state index is 14.9. The Labute approximate surface area is 177 Å². The van der Waals surface area contributed by atoms with Crippen molar-refractivity contribution in [3.63, 3.8) is 0 Å². The van der Waals surface area contributed by atoms with Crippen LogP contribution in [0.2, 0.25) is 0 Å². The SMILES string of the molecule is COc1cc(C(=O)c2c[nH]c3c2=CCCN=3)c(F)cc1OCC1=NC2C=CC=CC2N1. The van der Waals surface area contributed by atoms with E-state index in [1.165, 1.54) is 19.2 Å². The van der Waals surface area contributed by atoms with Crippen molar-refractivity contribution >= 4 is 17.7 Å². The van der Waals surface area contributed by atoms with Gasteiger partial charge < -0.3 is 19.8 Å². The Morgan fingerprint density at radius 2 is 2.10 bits per heavy atom. The average Bonchev–Trinajstić information content (AvgIpc) is 3.41. The lowest BCUT2D eigenvalue weighted by Crippen LogP contribution is -2.35. The van der Waals surface area contributed by atoms with Gasteiger partial charge in [-0.3, -0.25) is 14.8 Å². The number of aliphatic imine (C=N–C) groups is 1. The highest BCUT2D eigenvalue weighted by Crippen LogP contribution is 2.31. The summed E-state index contributed by atoms with van der Waals surface area (Å²) in [5, 5.41) is 3.99. The van der Waals surface area contributed by atoms with Crippen LogP contribution in [0.1, 0.15) is 22.3 Å². The number of allylic oxidation sites excluding steroid dienone is 2. The van der Waals surface area contributed by atoms with Gasteiger partial charge in [0.05, 0.1) is 24.8 Å². The molecule has 0 saturated carbocycles. The highest BCUT2D eigenvalue weighted by atomic mass is 19.1. The van der Waals surface area contributed by atoms with E-state index in [1.807, 2.05) is 30.4 Å². The molecule has 2 aromatic rings. The first kappa shape index (κ1) is 19.3. The fraction of sp³-hybridized carbons (Fsp3) is 0.261. The molecule has 3 aliphatic rings. The lowest BCUT2D eigenvalue weighted by molar-refractivity contribution is 0.103. The van der Waals surface area contributed by atoms with Gasteiger partial charge in [0.2, 0.25) is 0 Å². The number of nitrogens with one attached hydrogen (secondary N) is 2. The molecule has 2 N–H and O–H groups in total. The molecule has 7 nitrogen and oxygen atoms in total. The molecule has 1 aliphatic carbocycles. The molecule has 0 fully saturated rings. The summed E-state index contributed by atoms with van der Waals surface area (Å²) in [5.74, 6) is 0.0485. The lowest BCUT2D eigenvalue weighted by Gasteiger charge is -2.15. The van der Waals surface area contributed by atoms with E-state index in [0.29, 0.717) is 28.7 Å². The molecule has 1 aromatic heterocycles. The quantitative estimate of drug-likeness (QED) is 0.693. The monoisotopic (exact) mass is 420 g/mol. The van der Waals surface area contributed by atoms with Crippen LogP contribution in [-0.2, 0) is 0 Å². The molecule has 1 aromatic carbocycles. The molecule has 0 amide bonds. The van der Waals surface area contributed by atoms with Crippen LogP contribution in [0.15, 0.2) is 52.6 Å². The minimum Gasteiger partial charge on any atom is -0.493 e. The summed E-state index contributed by atoms with van der Waals surface area (Å²) < 4.78 is 26.1. The van der Waals surface area contributed by atoms with E-state index in [-0.39, 0.29) is 35.8 Å². The van der Waals surface area contributed by atoms with E-state index >= 15 is 0 Å². The van der Waals surface area contributed by atoms with Crippen LogP contribution >= 0.6 is 0 Å². The smallest absolute Gasteiger partial charge is 0.198 e. The third-order valence-corrected chi connectivity index (χ3v) is 5.50. The largest absolute Gasteiger partial charge is 0.493 e. The molecule has 31 heavy (non-hydrogen) atoms. The molecule has 2 atom stereocenters. The van der Waals surface area contributed by atoms with Crippen molar-refractivity contribution in [3.05, 3.63) is 70.3 Å². The zero-order valence-corrected chi connectivity index (χ0v) is 16.9. The van der Waals surface area contributed by atoms with Gasteiger partial charge in [-0.2, -0.15) is 0 Å². The molecule has 0 spiro atoms. The molecule has 0 radical (unpaired) electrons. The number of amidine groups is 1. The van der Waals surface area contributed by atoms with E-state index in [1.54, 1.807) is 6.20 Å². The van der Waals surface area contributed by atoms with Crippen LogP contribution in [0, 0.1) is 5.82 Å². The zero-order chi connectivity index (χ0) is 21.4. The van der Waals surface area contributed by atoms with Crippen LogP contribution in [0.3, 0.4) is 0 Å². The normalized spacial score (nSPS) is 20.6. The number of aromatic nitrogens is 1. The van der Waals surface area contributed by atoms with E-state index < -0.39 is 11.6 Å². The third kappa shape index (κ3) is 3.54. The standard InChI is InChI=1S/C23H21FN4O3/c1-30-19-9-14(22(29)15-11-26-23-13(15)5-4-8-25-23)16(24)10-20(19)31-12-21-27-17-6-2-3-7-18(17)28-21/h2-3,5-7,9-11,17-18H,4,8,12H2,1H3,(H,25,26)(H,27,28). The summed E-state index contributed by atoms with van der Waals surface area (Å²) in [4.78, 5) is 24.9. The average molecular weight is 420 g/mol. The number of carbonyl (C=O) groups is 1. The second-order valence-corrected chi connectivity index (χ2v) is 7.45. The Hall–Kier alpha value is -3.68. The van der Waals surface area contributed by atoms with Crippen molar-refractivity contribution in [1.82, 2.24) is 10.3 Å². The molecule has 2 aliphatic heterocycles. The molecule has 2 unspecified atom stereocenters. The van der Waals surface area contributed by atoms with Crippen LogP contribution in [0.5, 0.6) is 11.5 Å². The van der Waals surface area contributed by atoms with Gasteiger partial charge in [0.15, 0.2) is 17.3 Å². The van der Waals surface area contributed by atoms with Gasteiger partial charge in [-0.05, 0) is 12.5 Å². The summed E-state index contributed by atoms with van der Waals surface area (Å²) in [7, 11) is 1.45. The molecule has 0 saturated heterocycles. The van der Waals surface area contributed by atoms with Crippen molar-refractivity contribution in [2.75, 3.05) is 20.3 Å². The second-order valence-electron chi connectivity index (χ2n) is 7.45. The summed E-state index contributed by atoms with van der Waals surface area (Å²) in [6.07, 6.45) is 12.2. The first-order chi connectivity index (χ1) is 15.1. The minimum absolute atomic E-state index is 0.0399. The van der Waals surface area contributed by atoms with E-state index in [0.717, 1.165) is 6.42 Å². The van der Waals surface area contributed by atoms with Crippen LogP contribution in [-0.4, -0.2) is 48.9 Å². The van der Waals surface area contributed by atoms with Gasteiger partial charge in [0.1, 0.15) is 23.7 Å². The van der Waals surface area contributed by atoms with Gasteiger partial charge in [-0.1, -0.05) is 30.4 Å². The van der Waals surface area contributed by atoms with E-state index in [2.05, 4.69) is 20.3 Å². The maximum absolute atomic E-state index is 14.9. The first-order valence-electron chi connectivity index (χ1n) is 10.1. The number of hydrogen-bond acceptors (Lipinski definition) is 6. The van der Waals surface area contributed by atoms with Gasteiger partial charge in [0.25, 0.3) is 0 Å². The number of hydrogen-bond donors (Lipinski definition) is 2. The molecular weight excluding hydrogens is 399 g/mol. The Kier molecular flexibility index (Phi) is 4.89. The number of methoxy groups -OCH3 is 1. The van der Waals surface area contributed by atoms with Crippen LogP contribution in [0.4, 0.5) is 4.39 Å². The van der Waals surface area contributed by atoms with Crippen LogP contribution in [0.25, 0.3) is 6.08 Å². The number of rotatable bonds is 6. The van der Waals surface area contributed by atoms with E-state index in [4.69, 9.17) is 9.47 Å². The van der Waals surface area contributed by atoms with Gasteiger partial charge in [-0.15, -0.1) is 0 Å². The number of aromatic amines is 1. The van der Waals surface area contributed by atoms with Crippen molar-refractivity contribution in [2.24, 2.45) is 9.98 Å². The highest BCUT2D eigenvalue weighted by molar-refractivity contribution is 6.09. The molecule has 3 heterocycles. The molecule has 8 heteroatoms. The van der Waals surface area contributed by atoms with Crippen molar-refractivity contribution in [1.29, 1.82) is 0 Å². The fourth-order valence-corrected chi connectivity index (χ4v) is 3.95. The number of H-pyrrole nitrogens is 1. The Bertz CT molecular complexity index is 1260. The van der Waals surface area contributed by atoms with Crippen LogP contribution < -0.4 is 25.5 Å². The second kappa shape index (κ2) is 7.86. The number of ketones is 1. The molecule has 0 bridgehead atoms. The summed E-state index contributed by atoms with van der Waals surface area (Å²) in [5.41, 5.74) is 0.959. The number of nitrogens with zero attached hydrogens (tertiary/aromatic N) is 2. The third-order valence-electron chi connectivity index (χ3n) is 5.50. The highest BCUT2D eigenvalue weighted by Gasteiger charge is 2.26. The predicted molar refractivity (Wildman–Crippen MR) is 114 cm³/mol. The number of ether oxygens (including phenoxy) is 2. The van der Waals surface area contributed by atoms with Gasteiger partial charge in [-0.25, -0.2) is 4.39 Å². The Balaban J connectivity index is 1.38. The number of fused-ring (bicyclic) bond motifs is 2. The molecular formula is C23H21FN4O3. The number of halogens is 1. The molecule has 5 rings (SSSR count). The first-order valence-corrected chi connectivity index (χ1v) is 10.1. The zero-order valence-electron chi connectivity index (χ0n) is 16.9. The minimum atomic E-state index is -0.677. The topological polar surface area (TPSA) is 88.1 Å². The summed E-state index contributed by atoms with van der Waals surface area (Å²) >= 11 is 0. The van der Waals surface area contributed by atoms with Crippen molar-refractivity contribution in [3.8, 4) is 11.5 Å². The van der Waals surface area contributed by atoms with Crippen molar-refractivity contribution < 1.29 is 18.7 Å². The summed E-state index contributed by atoms with van der Waals surface area (Å²) in [6.45, 7) is 0.809. The Morgan fingerprint density at radius 3 is 2.94 bits per heavy atom. The van der Waals surface area contributed by atoms with Crippen molar-refractivity contribution in [2.45, 2.75) is 18.5 Å². The molecule has 158 valence electrons. The lowest BCUT2D eigenvalue weighted by atomic mass is 10.0. The Morgan fingerprint density at radius 1 is 1.23 bits per heavy atom. The summed E-state index contributed by atoms with van der Waals surface area (Å²) in [6, 6.07) is 2.71. The fourth-order valence-electron chi connectivity index (χ4n) is 3.95. The van der Waals surface area contributed by atoms with E-state index in [9.17, 15) is 9.18 Å². The van der Waals surface area contributed by atoms with Gasteiger partial charge >= 0.3 is 0 Å². The predicted octanol–water partition coefficient (Wildman–Crippen LogP) is 1.44. The van der Waals surface area contributed by atoms with Gasteiger partial charge in [0, 0.05) is 29.6 Å². The number of benzene rings is 1. The maximum Gasteiger partial charge on any atom is 0.198 e.